The molecule has 3 rings (SSSR count). The number of carbonyl (C=O) groups is 3. The molecule has 0 N–H and O–H groups in total. The van der Waals surface area contributed by atoms with Crippen LogP contribution in [0.4, 0.5) is 15.8 Å². The average molecular weight is 386 g/mol. The minimum absolute atomic E-state index is 0.0558. The summed E-state index contributed by atoms with van der Waals surface area (Å²) >= 11 is 0. The molecule has 1 amide bonds. The summed E-state index contributed by atoms with van der Waals surface area (Å²) in [5.74, 6) is -2.72. The summed E-state index contributed by atoms with van der Waals surface area (Å²) in [5.41, 5.74) is 0.545. The predicted molar refractivity (Wildman–Crippen MR) is 95.2 cm³/mol. The first-order valence-electron chi connectivity index (χ1n) is 8.35. The van der Waals surface area contributed by atoms with Crippen LogP contribution >= 0.6 is 0 Å². The number of non-ortho nitro benzene ring substituents is 1. The molecule has 2 aromatic rings. The van der Waals surface area contributed by atoms with Gasteiger partial charge in [-0.15, -0.1) is 0 Å². The lowest BCUT2D eigenvalue weighted by Gasteiger charge is -2.16. The minimum Gasteiger partial charge on any atom is -0.457 e. The molecule has 1 atom stereocenters. The molecule has 9 heteroatoms. The second kappa shape index (κ2) is 7.95. The molecular formula is C19H15FN2O6. The molecule has 0 aliphatic carbocycles. The molecule has 1 saturated heterocycles. The van der Waals surface area contributed by atoms with Gasteiger partial charge in [0.1, 0.15) is 5.82 Å². The van der Waals surface area contributed by atoms with E-state index in [9.17, 15) is 28.9 Å². The van der Waals surface area contributed by atoms with Gasteiger partial charge in [-0.25, -0.2) is 4.39 Å². The van der Waals surface area contributed by atoms with E-state index < -0.39 is 35.0 Å². The molecule has 0 bridgehead atoms. The number of nitrogens with zero attached hydrogens (tertiary/aromatic N) is 2. The predicted octanol–water partition coefficient (Wildman–Crippen LogP) is 2.51. The van der Waals surface area contributed by atoms with E-state index in [0.29, 0.717) is 5.69 Å². The Morgan fingerprint density at radius 1 is 1.14 bits per heavy atom. The van der Waals surface area contributed by atoms with Crippen LogP contribution in [0.3, 0.4) is 0 Å². The van der Waals surface area contributed by atoms with Crippen LogP contribution < -0.4 is 4.90 Å². The van der Waals surface area contributed by atoms with Gasteiger partial charge in [-0.1, -0.05) is 0 Å². The number of esters is 1. The maximum Gasteiger partial charge on any atom is 0.311 e. The fraction of sp³-hybridized carbons (Fsp3) is 0.211. The Hall–Kier alpha value is -3.62. The molecule has 8 nitrogen and oxygen atoms in total. The van der Waals surface area contributed by atoms with Crippen molar-refractivity contribution in [1.82, 2.24) is 0 Å². The normalized spacial score (nSPS) is 16.1. The van der Waals surface area contributed by atoms with Crippen molar-refractivity contribution < 1.29 is 28.4 Å². The Bertz CT molecular complexity index is 926. The lowest BCUT2D eigenvalue weighted by atomic mass is 10.1. The number of Topliss-reactive ketones (excluding diaryl/α,β-unsaturated/α-hetero) is 1. The number of nitro benzene ring substituents is 1. The SMILES string of the molecule is O=C(COC(=O)[C@H]1CC(=O)N(c2ccc([N+](=O)[O-])cc2)C1)c1ccc(F)cc1. The summed E-state index contributed by atoms with van der Waals surface area (Å²) in [5, 5.41) is 10.7. The molecule has 0 saturated carbocycles. The van der Waals surface area contributed by atoms with E-state index in [2.05, 4.69) is 0 Å². The number of ketones is 1. The van der Waals surface area contributed by atoms with Gasteiger partial charge in [-0.3, -0.25) is 24.5 Å². The second-order valence-electron chi connectivity index (χ2n) is 6.22. The fourth-order valence-corrected chi connectivity index (χ4v) is 2.84. The molecule has 0 aromatic heterocycles. The highest BCUT2D eigenvalue weighted by molar-refractivity contribution is 6.01. The molecule has 1 aliphatic rings. The van der Waals surface area contributed by atoms with Gasteiger partial charge in [0.25, 0.3) is 5.69 Å². The molecule has 1 fully saturated rings. The van der Waals surface area contributed by atoms with Gasteiger partial charge in [-0.2, -0.15) is 0 Å². The van der Waals surface area contributed by atoms with Crippen molar-refractivity contribution in [3.05, 3.63) is 70.0 Å². The number of anilines is 1. The molecule has 0 unspecified atom stereocenters. The van der Waals surface area contributed by atoms with Crippen molar-refractivity contribution in [3.8, 4) is 0 Å². The van der Waals surface area contributed by atoms with Crippen LogP contribution in [-0.2, 0) is 14.3 Å². The first-order valence-corrected chi connectivity index (χ1v) is 8.35. The molecule has 144 valence electrons. The van der Waals surface area contributed by atoms with Crippen molar-refractivity contribution in [2.75, 3.05) is 18.1 Å². The van der Waals surface area contributed by atoms with Gasteiger partial charge in [0, 0.05) is 36.3 Å². The maximum atomic E-state index is 12.9. The Kier molecular flexibility index (Phi) is 5.44. The minimum atomic E-state index is -0.747. The van der Waals surface area contributed by atoms with Crippen LogP contribution in [0.1, 0.15) is 16.8 Å². The third-order valence-electron chi connectivity index (χ3n) is 4.34. The smallest absolute Gasteiger partial charge is 0.311 e. The molecule has 0 spiro atoms. The molecule has 28 heavy (non-hydrogen) atoms. The molecule has 1 heterocycles. The zero-order valence-electron chi connectivity index (χ0n) is 14.5. The van der Waals surface area contributed by atoms with E-state index >= 15 is 0 Å². The average Bonchev–Trinajstić information content (AvgIpc) is 3.08. The summed E-state index contributed by atoms with van der Waals surface area (Å²) in [7, 11) is 0. The van der Waals surface area contributed by atoms with E-state index in [1.807, 2.05) is 0 Å². The number of hydrogen-bond acceptors (Lipinski definition) is 6. The Labute approximate surface area is 158 Å². The maximum absolute atomic E-state index is 12.9. The molecule has 2 aromatic carbocycles. The first kappa shape index (κ1) is 19.2. The molecular weight excluding hydrogens is 371 g/mol. The van der Waals surface area contributed by atoms with Crippen LogP contribution in [0.25, 0.3) is 0 Å². The lowest BCUT2D eigenvalue weighted by Crippen LogP contribution is -2.27. The number of amides is 1. The Morgan fingerprint density at radius 2 is 1.79 bits per heavy atom. The highest BCUT2D eigenvalue weighted by atomic mass is 19.1. The van der Waals surface area contributed by atoms with Crippen molar-refractivity contribution in [2.24, 2.45) is 5.92 Å². The van der Waals surface area contributed by atoms with E-state index in [1.165, 1.54) is 41.3 Å². The quantitative estimate of drug-likeness (QED) is 0.327. The summed E-state index contributed by atoms with van der Waals surface area (Å²) in [4.78, 5) is 47.9. The Balaban J connectivity index is 1.58. The number of rotatable bonds is 6. The number of halogens is 1. The highest BCUT2D eigenvalue weighted by Crippen LogP contribution is 2.27. The summed E-state index contributed by atoms with van der Waals surface area (Å²) < 4.78 is 17.9. The van der Waals surface area contributed by atoms with Gasteiger partial charge in [0.05, 0.1) is 10.8 Å². The van der Waals surface area contributed by atoms with Crippen molar-refractivity contribution in [3.63, 3.8) is 0 Å². The molecule has 1 aliphatic heterocycles. The van der Waals surface area contributed by atoms with Gasteiger partial charge in [0.15, 0.2) is 12.4 Å². The monoisotopic (exact) mass is 386 g/mol. The first-order chi connectivity index (χ1) is 13.3. The largest absolute Gasteiger partial charge is 0.457 e. The van der Waals surface area contributed by atoms with Crippen LogP contribution in [0.5, 0.6) is 0 Å². The van der Waals surface area contributed by atoms with Crippen LogP contribution in [0.2, 0.25) is 0 Å². The topological polar surface area (TPSA) is 107 Å². The number of benzene rings is 2. The lowest BCUT2D eigenvalue weighted by molar-refractivity contribution is -0.384. The van der Waals surface area contributed by atoms with Crippen molar-refractivity contribution in [1.29, 1.82) is 0 Å². The van der Waals surface area contributed by atoms with E-state index in [4.69, 9.17) is 4.74 Å². The van der Waals surface area contributed by atoms with Crippen molar-refractivity contribution in [2.45, 2.75) is 6.42 Å². The van der Waals surface area contributed by atoms with Gasteiger partial charge in [0.2, 0.25) is 5.91 Å². The number of nitro groups is 1. The number of hydrogen-bond donors (Lipinski definition) is 0. The van der Waals surface area contributed by atoms with Crippen LogP contribution in [-0.4, -0.2) is 35.7 Å². The van der Waals surface area contributed by atoms with Gasteiger partial charge < -0.3 is 9.64 Å². The zero-order chi connectivity index (χ0) is 20.3. The standard InChI is InChI=1S/C19H15FN2O6/c20-14-3-1-12(2-4-14)17(23)11-28-19(25)13-9-18(24)21(10-13)15-5-7-16(8-6-15)22(26)27/h1-8,13H,9-11H2/t13-/m0/s1. The van der Waals surface area contributed by atoms with Gasteiger partial charge >= 0.3 is 5.97 Å². The van der Waals surface area contributed by atoms with E-state index in [0.717, 1.165) is 12.1 Å². The second-order valence-corrected chi connectivity index (χ2v) is 6.22. The molecule has 0 radical (unpaired) electrons. The number of carbonyl (C=O) groups excluding carboxylic acids is 3. The highest BCUT2D eigenvalue weighted by Gasteiger charge is 2.36. The number of ether oxygens (including phenoxy) is 1. The van der Waals surface area contributed by atoms with Crippen LogP contribution in [0.15, 0.2) is 48.5 Å². The summed E-state index contributed by atoms with van der Waals surface area (Å²) in [6.07, 6.45) is -0.0828. The van der Waals surface area contributed by atoms with E-state index in [-0.39, 0.29) is 30.1 Å². The summed E-state index contributed by atoms with van der Waals surface area (Å²) in [6, 6.07) is 10.3. The van der Waals surface area contributed by atoms with Crippen LogP contribution in [0, 0.1) is 21.8 Å². The zero-order valence-corrected chi connectivity index (χ0v) is 14.5. The van der Waals surface area contributed by atoms with E-state index in [1.54, 1.807) is 0 Å². The Morgan fingerprint density at radius 3 is 2.39 bits per heavy atom. The van der Waals surface area contributed by atoms with Gasteiger partial charge in [-0.05, 0) is 36.4 Å². The summed E-state index contributed by atoms with van der Waals surface area (Å²) in [6.45, 7) is -0.451. The fourth-order valence-electron chi connectivity index (χ4n) is 2.84. The van der Waals surface area contributed by atoms with Crippen molar-refractivity contribution >= 4 is 29.0 Å². The third kappa shape index (κ3) is 4.20. The third-order valence-corrected chi connectivity index (χ3v) is 4.34.